The van der Waals surface area contributed by atoms with E-state index in [1.54, 1.807) is 6.07 Å². The quantitative estimate of drug-likeness (QED) is 0.326. The number of rotatable bonds is 2. The Kier molecular flexibility index (Phi) is 7.12. The van der Waals surface area contributed by atoms with Crippen LogP contribution in [0.15, 0.2) is 22.7 Å². The van der Waals surface area contributed by atoms with Gasteiger partial charge in [0.25, 0.3) is 0 Å². The van der Waals surface area contributed by atoms with Gasteiger partial charge in [0.05, 0.1) is 0 Å². The molecule has 7 heteroatoms. The van der Waals surface area contributed by atoms with Crippen LogP contribution in [-0.2, 0) is 12.8 Å². The zero-order valence-corrected chi connectivity index (χ0v) is 13.9. The zero-order chi connectivity index (χ0) is 17.7. The highest BCUT2D eigenvalue weighted by Crippen LogP contribution is 2.22. The Bertz CT molecular complexity index is 650. The van der Waals surface area contributed by atoms with Crippen LogP contribution in [0.25, 0.3) is 0 Å². The molecule has 126 valence electrons. The van der Waals surface area contributed by atoms with Gasteiger partial charge in [0.1, 0.15) is 5.82 Å². The fourth-order valence-corrected chi connectivity index (χ4v) is 2.29. The average molecular weight is 399 g/mol. The van der Waals surface area contributed by atoms with Gasteiger partial charge in [-0.25, -0.2) is 26.3 Å². The Morgan fingerprint density at radius 2 is 1.17 bits per heavy atom. The third-order valence-corrected chi connectivity index (χ3v) is 3.44. The molecule has 0 radical (unpaired) electrons. The second-order valence-corrected chi connectivity index (χ2v) is 5.45. The maximum Gasteiger partial charge on any atom is 0.200 e. The van der Waals surface area contributed by atoms with Crippen molar-refractivity contribution in [1.29, 1.82) is 0 Å². The van der Waals surface area contributed by atoms with Gasteiger partial charge in [-0.1, -0.05) is 29.8 Å². The van der Waals surface area contributed by atoms with Crippen LogP contribution in [0.5, 0.6) is 0 Å². The minimum Gasteiger partial charge on any atom is -0.207 e. The first kappa shape index (κ1) is 19.5. The molecule has 0 aliphatic rings. The standard InChI is InChI=1S/C8H8BrF.C8H5F5/c1-2-6-3-7(9)5-8(10)4-6;1-2-3-4(9)6(11)8(13)7(12)5(3)10/h3-5H,2H2,1H3;2H2,1H3. The van der Waals surface area contributed by atoms with E-state index in [9.17, 15) is 26.3 Å². The Morgan fingerprint density at radius 3 is 1.57 bits per heavy atom. The van der Waals surface area contributed by atoms with Crippen LogP contribution in [0.3, 0.4) is 0 Å². The van der Waals surface area contributed by atoms with Crippen LogP contribution in [0.2, 0.25) is 0 Å². The topological polar surface area (TPSA) is 0 Å². The number of hydrogen-bond donors (Lipinski definition) is 0. The molecular weight excluding hydrogens is 386 g/mol. The van der Waals surface area contributed by atoms with Crippen molar-refractivity contribution in [1.82, 2.24) is 0 Å². The van der Waals surface area contributed by atoms with Crippen molar-refractivity contribution in [2.45, 2.75) is 26.7 Å². The Balaban J connectivity index is 0.000000238. The highest BCUT2D eigenvalue weighted by molar-refractivity contribution is 9.10. The smallest absolute Gasteiger partial charge is 0.200 e. The van der Waals surface area contributed by atoms with Crippen molar-refractivity contribution in [2.75, 3.05) is 0 Å². The highest BCUT2D eigenvalue weighted by atomic mass is 79.9. The monoisotopic (exact) mass is 398 g/mol. The number of aryl methyl sites for hydroxylation is 1. The number of halogens is 7. The van der Waals surface area contributed by atoms with Gasteiger partial charge >= 0.3 is 0 Å². The average Bonchev–Trinajstić information content (AvgIpc) is 2.51. The summed E-state index contributed by atoms with van der Waals surface area (Å²) < 4.78 is 76.0. The molecule has 0 atom stereocenters. The molecule has 0 bridgehead atoms. The molecule has 0 nitrogen and oxygen atoms in total. The predicted molar refractivity (Wildman–Crippen MR) is 79.1 cm³/mol. The molecule has 0 heterocycles. The Morgan fingerprint density at radius 1 is 0.696 bits per heavy atom. The molecule has 0 N–H and O–H groups in total. The predicted octanol–water partition coefficient (Wildman–Crippen LogP) is 6.10. The van der Waals surface area contributed by atoms with Crippen LogP contribution in [0.1, 0.15) is 25.0 Å². The van der Waals surface area contributed by atoms with Crippen LogP contribution >= 0.6 is 15.9 Å². The molecule has 0 aliphatic heterocycles. The lowest BCUT2D eigenvalue weighted by Crippen LogP contribution is -2.05. The second kappa shape index (κ2) is 8.38. The van der Waals surface area contributed by atoms with Crippen molar-refractivity contribution in [3.05, 3.63) is 68.7 Å². The summed E-state index contributed by atoms with van der Waals surface area (Å²) in [4.78, 5) is 0. The summed E-state index contributed by atoms with van der Waals surface area (Å²) in [5.74, 6) is -9.58. The van der Waals surface area contributed by atoms with E-state index in [1.165, 1.54) is 13.0 Å². The summed E-state index contributed by atoms with van der Waals surface area (Å²) in [7, 11) is 0. The van der Waals surface area contributed by atoms with E-state index < -0.39 is 34.6 Å². The van der Waals surface area contributed by atoms with Gasteiger partial charge in [0.15, 0.2) is 23.3 Å². The molecule has 2 aromatic carbocycles. The van der Waals surface area contributed by atoms with Gasteiger partial charge in [-0.15, -0.1) is 0 Å². The van der Waals surface area contributed by atoms with Gasteiger partial charge in [-0.2, -0.15) is 0 Å². The van der Waals surface area contributed by atoms with Gasteiger partial charge in [0, 0.05) is 10.0 Å². The first-order valence-corrected chi connectivity index (χ1v) is 7.47. The highest BCUT2D eigenvalue weighted by Gasteiger charge is 2.24. The minimum absolute atomic E-state index is 0.175. The number of hydrogen-bond acceptors (Lipinski definition) is 0. The van der Waals surface area contributed by atoms with E-state index in [-0.39, 0.29) is 12.2 Å². The fraction of sp³-hybridized carbons (Fsp3) is 0.250. The molecule has 0 aromatic heterocycles. The first-order valence-electron chi connectivity index (χ1n) is 6.68. The SMILES string of the molecule is CCc1c(F)c(F)c(F)c(F)c1F.CCc1cc(F)cc(Br)c1. The summed E-state index contributed by atoms with van der Waals surface area (Å²) >= 11 is 3.21. The second-order valence-electron chi connectivity index (χ2n) is 4.53. The summed E-state index contributed by atoms with van der Waals surface area (Å²) in [6, 6.07) is 4.92. The van der Waals surface area contributed by atoms with E-state index >= 15 is 0 Å². The molecule has 23 heavy (non-hydrogen) atoms. The normalized spacial score (nSPS) is 10.3. The first-order chi connectivity index (χ1) is 10.7. The molecule has 0 amide bonds. The van der Waals surface area contributed by atoms with Crippen molar-refractivity contribution < 1.29 is 26.3 Å². The zero-order valence-electron chi connectivity index (χ0n) is 12.3. The summed E-state index contributed by atoms with van der Waals surface area (Å²) in [6.07, 6.45) is 0.627. The lowest BCUT2D eigenvalue weighted by molar-refractivity contribution is 0.370. The van der Waals surface area contributed by atoms with Crippen molar-refractivity contribution >= 4 is 15.9 Å². The molecule has 2 rings (SSSR count). The maximum absolute atomic E-state index is 12.7. The third kappa shape index (κ3) is 4.73. The van der Waals surface area contributed by atoms with Gasteiger partial charge in [-0.3, -0.25) is 0 Å². The van der Waals surface area contributed by atoms with Crippen molar-refractivity contribution in [3.63, 3.8) is 0 Å². The molecule has 0 aliphatic carbocycles. The van der Waals surface area contributed by atoms with E-state index in [0.29, 0.717) is 0 Å². The van der Waals surface area contributed by atoms with Crippen molar-refractivity contribution in [3.8, 4) is 0 Å². The Hall–Kier alpha value is -1.50. The van der Waals surface area contributed by atoms with E-state index in [2.05, 4.69) is 15.9 Å². The molecule has 0 saturated carbocycles. The number of benzene rings is 2. The lowest BCUT2D eigenvalue weighted by Gasteiger charge is -2.04. The van der Waals surface area contributed by atoms with Gasteiger partial charge < -0.3 is 0 Å². The molecule has 0 unspecified atom stereocenters. The van der Waals surface area contributed by atoms with Crippen LogP contribution in [0, 0.1) is 34.9 Å². The summed E-state index contributed by atoms with van der Waals surface area (Å²) in [5, 5.41) is 0. The van der Waals surface area contributed by atoms with E-state index in [4.69, 9.17) is 0 Å². The maximum atomic E-state index is 12.7. The van der Waals surface area contributed by atoms with Crippen LogP contribution in [0.4, 0.5) is 26.3 Å². The third-order valence-electron chi connectivity index (χ3n) is 2.98. The minimum atomic E-state index is -2.12. The van der Waals surface area contributed by atoms with Crippen LogP contribution in [-0.4, -0.2) is 0 Å². The van der Waals surface area contributed by atoms with Gasteiger partial charge in [0.2, 0.25) is 5.82 Å². The van der Waals surface area contributed by atoms with E-state index in [1.807, 2.05) is 13.0 Å². The summed E-state index contributed by atoms with van der Waals surface area (Å²) in [6.45, 7) is 3.31. The van der Waals surface area contributed by atoms with Crippen LogP contribution < -0.4 is 0 Å². The Labute approximate surface area is 138 Å². The molecule has 0 saturated heterocycles. The largest absolute Gasteiger partial charge is 0.207 e. The summed E-state index contributed by atoms with van der Waals surface area (Å²) in [5.41, 5.74) is 0.239. The van der Waals surface area contributed by atoms with Crippen molar-refractivity contribution in [2.24, 2.45) is 0 Å². The molecule has 0 spiro atoms. The molecule has 2 aromatic rings. The van der Waals surface area contributed by atoms with E-state index in [0.717, 1.165) is 16.5 Å². The molecular formula is C16H13BrF6. The molecule has 0 fully saturated rings. The lowest BCUT2D eigenvalue weighted by atomic mass is 10.1. The van der Waals surface area contributed by atoms with Gasteiger partial charge in [-0.05, 0) is 36.6 Å². The fourth-order valence-electron chi connectivity index (χ4n) is 1.78.